The zero-order valence-corrected chi connectivity index (χ0v) is 13.8. The van der Waals surface area contributed by atoms with Crippen LogP contribution in [0.1, 0.15) is 12.0 Å². The van der Waals surface area contributed by atoms with Gasteiger partial charge in [-0.05, 0) is 37.6 Å². The molecular weight excluding hydrogens is 338 g/mol. The maximum absolute atomic E-state index is 13.3. The molecule has 0 bridgehead atoms. The van der Waals surface area contributed by atoms with Crippen LogP contribution in [-0.4, -0.2) is 28.1 Å². The fraction of sp³-hybridized carbons (Fsp3) is 0.385. The molecule has 1 aliphatic rings. The maximum atomic E-state index is 13.3. The van der Waals surface area contributed by atoms with Crippen LogP contribution in [0.3, 0.4) is 0 Å². The SMILES string of the molecule is Cc1cc(S(=O)(=O)NCC2=CCNCC2)c(Cl)cc1F.Cl. The molecular formula is C13H17Cl2FN2O2S. The number of hydrogen-bond acceptors (Lipinski definition) is 3. The van der Waals surface area contributed by atoms with Crippen molar-refractivity contribution >= 4 is 34.0 Å². The van der Waals surface area contributed by atoms with Gasteiger partial charge < -0.3 is 5.32 Å². The third-order valence-electron chi connectivity index (χ3n) is 3.15. The minimum atomic E-state index is -3.74. The summed E-state index contributed by atoms with van der Waals surface area (Å²) >= 11 is 5.82. The first-order chi connectivity index (χ1) is 9.40. The summed E-state index contributed by atoms with van der Waals surface area (Å²) in [5.41, 5.74) is 1.28. The van der Waals surface area contributed by atoms with E-state index in [0.717, 1.165) is 31.1 Å². The topological polar surface area (TPSA) is 58.2 Å². The second-order valence-electron chi connectivity index (χ2n) is 4.67. The summed E-state index contributed by atoms with van der Waals surface area (Å²) in [4.78, 5) is -0.0902. The predicted molar refractivity (Wildman–Crippen MR) is 84.2 cm³/mol. The number of halogens is 3. The standard InChI is InChI=1S/C13H16ClFN2O2S.ClH/c1-9-6-13(11(14)7-12(9)15)20(18,19)17-8-10-2-4-16-5-3-10;/h2,6-7,16-17H,3-5,8H2,1H3;1H. The first-order valence-electron chi connectivity index (χ1n) is 6.24. The van der Waals surface area contributed by atoms with E-state index < -0.39 is 15.8 Å². The van der Waals surface area contributed by atoms with Crippen molar-refractivity contribution in [3.8, 4) is 0 Å². The first kappa shape index (κ1) is 18.4. The van der Waals surface area contributed by atoms with Crippen LogP contribution in [0.5, 0.6) is 0 Å². The van der Waals surface area contributed by atoms with Crippen LogP contribution in [0.2, 0.25) is 5.02 Å². The summed E-state index contributed by atoms with van der Waals surface area (Å²) in [7, 11) is -3.74. The Morgan fingerprint density at radius 1 is 1.43 bits per heavy atom. The van der Waals surface area contributed by atoms with Crippen LogP contribution >= 0.6 is 24.0 Å². The highest BCUT2D eigenvalue weighted by molar-refractivity contribution is 7.89. The Hall–Kier alpha value is -0.660. The largest absolute Gasteiger partial charge is 0.313 e. The fourth-order valence-electron chi connectivity index (χ4n) is 1.93. The van der Waals surface area contributed by atoms with Gasteiger partial charge in [-0.1, -0.05) is 23.3 Å². The molecule has 0 aliphatic carbocycles. The van der Waals surface area contributed by atoms with Crippen molar-refractivity contribution in [2.75, 3.05) is 19.6 Å². The molecule has 0 saturated carbocycles. The summed E-state index contributed by atoms with van der Waals surface area (Å²) in [5.74, 6) is -0.519. The molecule has 0 fully saturated rings. The summed E-state index contributed by atoms with van der Waals surface area (Å²) in [6, 6.07) is 2.27. The molecule has 4 nitrogen and oxygen atoms in total. The monoisotopic (exact) mass is 354 g/mol. The van der Waals surface area contributed by atoms with Crippen LogP contribution in [0.25, 0.3) is 0 Å². The van der Waals surface area contributed by atoms with Crippen LogP contribution < -0.4 is 10.0 Å². The quantitative estimate of drug-likeness (QED) is 0.816. The van der Waals surface area contributed by atoms with Crippen LogP contribution in [0.4, 0.5) is 4.39 Å². The van der Waals surface area contributed by atoms with E-state index in [-0.39, 0.29) is 34.4 Å². The van der Waals surface area contributed by atoms with Crippen molar-refractivity contribution in [2.24, 2.45) is 0 Å². The molecule has 0 radical (unpaired) electrons. The minimum Gasteiger partial charge on any atom is -0.313 e. The number of aryl methyl sites for hydroxylation is 1. The van der Waals surface area contributed by atoms with Crippen molar-refractivity contribution in [3.63, 3.8) is 0 Å². The van der Waals surface area contributed by atoms with Gasteiger partial charge in [-0.2, -0.15) is 0 Å². The second-order valence-corrected chi connectivity index (χ2v) is 6.82. The van der Waals surface area contributed by atoms with Gasteiger partial charge in [0, 0.05) is 13.1 Å². The van der Waals surface area contributed by atoms with E-state index in [0.29, 0.717) is 0 Å². The van der Waals surface area contributed by atoms with Crippen molar-refractivity contribution in [1.82, 2.24) is 10.0 Å². The van der Waals surface area contributed by atoms with Crippen molar-refractivity contribution in [3.05, 3.63) is 40.2 Å². The van der Waals surface area contributed by atoms with Gasteiger partial charge in [0.1, 0.15) is 10.7 Å². The molecule has 0 aromatic heterocycles. The lowest BCUT2D eigenvalue weighted by atomic mass is 10.1. The van der Waals surface area contributed by atoms with E-state index in [1.165, 1.54) is 13.0 Å². The predicted octanol–water partition coefficient (Wildman–Crippen LogP) is 2.41. The number of sulfonamides is 1. The van der Waals surface area contributed by atoms with E-state index in [9.17, 15) is 12.8 Å². The Kier molecular flexibility index (Phi) is 6.62. The lowest BCUT2D eigenvalue weighted by Crippen LogP contribution is -2.30. The van der Waals surface area contributed by atoms with E-state index >= 15 is 0 Å². The molecule has 8 heteroatoms. The molecule has 1 aliphatic heterocycles. The molecule has 1 aromatic rings. The van der Waals surface area contributed by atoms with Crippen LogP contribution in [0.15, 0.2) is 28.7 Å². The van der Waals surface area contributed by atoms with E-state index in [1.807, 2.05) is 6.08 Å². The Morgan fingerprint density at radius 3 is 2.76 bits per heavy atom. The Bertz CT molecular complexity index is 648. The smallest absolute Gasteiger partial charge is 0.242 e. The van der Waals surface area contributed by atoms with Gasteiger partial charge in [-0.15, -0.1) is 12.4 Å². The van der Waals surface area contributed by atoms with Crippen LogP contribution in [0, 0.1) is 12.7 Å². The summed E-state index contributed by atoms with van der Waals surface area (Å²) < 4.78 is 40.2. The van der Waals surface area contributed by atoms with E-state index in [4.69, 9.17) is 11.6 Å². The molecule has 0 amide bonds. The van der Waals surface area contributed by atoms with Gasteiger partial charge >= 0.3 is 0 Å². The van der Waals surface area contributed by atoms with Crippen molar-refractivity contribution in [2.45, 2.75) is 18.2 Å². The van der Waals surface area contributed by atoms with Gasteiger partial charge in [-0.25, -0.2) is 17.5 Å². The summed E-state index contributed by atoms with van der Waals surface area (Å²) in [5, 5.41) is 3.04. The third kappa shape index (κ3) is 4.66. The normalized spacial score (nSPS) is 15.3. The zero-order chi connectivity index (χ0) is 14.8. The highest BCUT2D eigenvalue weighted by Gasteiger charge is 2.20. The Morgan fingerprint density at radius 2 is 2.14 bits per heavy atom. The van der Waals surface area contributed by atoms with Crippen molar-refractivity contribution in [1.29, 1.82) is 0 Å². The zero-order valence-electron chi connectivity index (χ0n) is 11.4. The lowest BCUT2D eigenvalue weighted by Gasteiger charge is -2.15. The minimum absolute atomic E-state index is 0. The highest BCUT2D eigenvalue weighted by atomic mass is 35.5. The van der Waals surface area contributed by atoms with Gasteiger partial charge in [0.15, 0.2) is 0 Å². The molecule has 0 atom stereocenters. The number of benzene rings is 1. The molecule has 0 spiro atoms. The first-order valence-corrected chi connectivity index (χ1v) is 8.10. The number of rotatable bonds is 4. The average Bonchev–Trinajstić information content (AvgIpc) is 2.42. The third-order valence-corrected chi connectivity index (χ3v) is 5.02. The van der Waals surface area contributed by atoms with Gasteiger partial charge in [-0.3, -0.25) is 0 Å². The number of nitrogens with one attached hydrogen (secondary N) is 2. The van der Waals surface area contributed by atoms with Crippen LogP contribution in [-0.2, 0) is 10.0 Å². The molecule has 0 unspecified atom stereocenters. The van der Waals surface area contributed by atoms with Crippen molar-refractivity contribution < 1.29 is 12.8 Å². The van der Waals surface area contributed by atoms with E-state index in [1.54, 1.807) is 0 Å². The maximum Gasteiger partial charge on any atom is 0.242 e. The molecule has 118 valence electrons. The molecule has 1 aromatic carbocycles. The number of hydrogen-bond donors (Lipinski definition) is 2. The molecule has 21 heavy (non-hydrogen) atoms. The summed E-state index contributed by atoms with van der Waals surface area (Å²) in [6.07, 6.45) is 2.77. The second kappa shape index (κ2) is 7.56. The van der Waals surface area contributed by atoms with Gasteiger partial charge in [0.25, 0.3) is 0 Å². The molecule has 1 heterocycles. The van der Waals surface area contributed by atoms with Gasteiger partial charge in [0.2, 0.25) is 10.0 Å². The highest BCUT2D eigenvalue weighted by Crippen LogP contribution is 2.24. The molecule has 0 saturated heterocycles. The molecule has 2 rings (SSSR count). The average molecular weight is 355 g/mol. The fourth-order valence-corrected chi connectivity index (χ4v) is 3.57. The van der Waals surface area contributed by atoms with Gasteiger partial charge in [0.05, 0.1) is 5.02 Å². The summed E-state index contributed by atoms with van der Waals surface area (Å²) in [6.45, 7) is 3.33. The lowest BCUT2D eigenvalue weighted by molar-refractivity contribution is 0.580. The Balaban J connectivity index is 0.00000220. The van der Waals surface area contributed by atoms with E-state index in [2.05, 4.69) is 10.0 Å². The molecule has 2 N–H and O–H groups in total. The Labute approximate surface area is 135 Å².